The first kappa shape index (κ1) is 24.2. The monoisotopic (exact) mass is 499 g/mol. The molecular weight excluding hydrogens is 477 g/mol. The zero-order valence-corrected chi connectivity index (χ0v) is 19.5. The second-order valence-corrected chi connectivity index (χ2v) is 9.69. The Hall–Kier alpha value is -3.89. The summed E-state index contributed by atoms with van der Waals surface area (Å²) in [6.45, 7) is -0.112. The van der Waals surface area contributed by atoms with Gasteiger partial charge in [-0.1, -0.05) is 0 Å². The molecule has 2 N–H and O–H groups in total. The number of rotatable bonds is 9. The van der Waals surface area contributed by atoms with E-state index >= 15 is 0 Å². The highest BCUT2D eigenvalue weighted by atomic mass is 32.2. The van der Waals surface area contributed by atoms with E-state index in [1.54, 1.807) is 24.3 Å². The first-order valence-corrected chi connectivity index (χ1v) is 12.4. The quantitative estimate of drug-likeness (QED) is 0.337. The van der Waals surface area contributed by atoms with Crippen LogP contribution in [0.25, 0.3) is 22.3 Å². The van der Waals surface area contributed by atoms with Gasteiger partial charge in [-0.2, -0.15) is 0 Å². The molecule has 10 heteroatoms. The van der Waals surface area contributed by atoms with E-state index in [4.69, 9.17) is 14.3 Å². The van der Waals surface area contributed by atoms with Crippen molar-refractivity contribution < 1.29 is 37.0 Å². The Balaban J connectivity index is 1.71. The zero-order valence-electron chi connectivity index (χ0n) is 18.6. The van der Waals surface area contributed by atoms with Crippen LogP contribution in [0.5, 0.6) is 11.5 Å². The number of benzene rings is 3. The second kappa shape index (κ2) is 9.77. The number of furan rings is 1. The maximum atomic E-state index is 13.1. The van der Waals surface area contributed by atoms with Gasteiger partial charge in [0.15, 0.2) is 0 Å². The van der Waals surface area contributed by atoms with Gasteiger partial charge in [0.25, 0.3) is 0 Å². The van der Waals surface area contributed by atoms with Crippen molar-refractivity contribution in [1.29, 1.82) is 0 Å². The average Bonchev–Trinajstić information content (AvgIpc) is 3.19. The zero-order chi connectivity index (χ0) is 25.2. The lowest BCUT2D eigenvalue weighted by molar-refractivity contribution is 0.0699. The summed E-state index contributed by atoms with van der Waals surface area (Å²) in [5, 5.41) is 19.3. The number of carboxylic acid groups (broad SMARTS) is 1. The molecule has 0 fully saturated rings. The van der Waals surface area contributed by atoms with Crippen LogP contribution >= 0.6 is 0 Å². The van der Waals surface area contributed by atoms with Crippen LogP contribution < -0.4 is 9.04 Å². The number of carboxylic acids is 1. The highest BCUT2D eigenvalue weighted by Crippen LogP contribution is 2.37. The van der Waals surface area contributed by atoms with Crippen molar-refractivity contribution in [2.24, 2.45) is 0 Å². The number of fused-ring (bicyclic) bond motifs is 1. The molecule has 8 nitrogen and oxygen atoms in total. The summed E-state index contributed by atoms with van der Waals surface area (Å²) in [5.41, 5.74) is 0.930. The van der Waals surface area contributed by atoms with Gasteiger partial charge >= 0.3 is 5.97 Å². The van der Waals surface area contributed by atoms with Crippen molar-refractivity contribution in [3.05, 3.63) is 78.1 Å². The van der Waals surface area contributed by atoms with E-state index < -0.39 is 16.0 Å². The van der Waals surface area contributed by atoms with Crippen molar-refractivity contribution in [3.63, 3.8) is 0 Å². The third-order valence-electron chi connectivity index (χ3n) is 5.26. The van der Waals surface area contributed by atoms with Crippen molar-refractivity contribution in [3.8, 4) is 22.8 Å². The fraction of sp³-hybridized carbons (Fsp3) is 0.160. The molecule has 182 valence electrons. The molecular formula is C25H22FNO7S. The van der Waals surface area contributed by atoms with Crippen LogP contribution in [-0.4, -0.2) is 44.0 Å². The molecule has 0 spiro atoms. The van der Waals surface area contributed by atoms with Crippen molar-refractivity contribution in [1.82, 2.24) is 0 Å². The summed E-state index contributed by atoms with van der Waals surface area (Å²) in [6, 6.07) is 16.5. The smallest absolute Gasteiger partial charge is 0.340 e. The third kappa shape index (κ3) is 5.28. The molecule has 0 radical (unpaired) electrons. The van der Waals surface area contributed by atoms with Crippen LogP contribution in [0, 0.1) is 5.82 Å². The normalized spacial score (nSPS) is 11.5. The third-order valence-corrected chi connectivity index (χ3v) is 6.46. The lowest BCUT2D eigenvalue weighted by atomic mass is 10.1. The molecule has 3 aromatic carbocycles. The van der Waals surface area contributed by atoms with E-state index in [0.29, 0.717) is 28.1 Å². The van der Waals surface area contributed by atoms with E-state index in [1.165, 1.54) is 42.5 Å². The predicted octanol–water partition coefficient (Wildman–Crippen LogP) is 4.88. The molecule has 0 amide bonds. The Morgan fingerprint density at radius 1 is 1.03 bits per heavy atom. The van der Waals surface area contributed by atoms with Crippen molar-refractivity contribution in [2.45, 2.75) is 6.42 Å². The van der Waals surface area contributed by atoms with Gasteiger partial charge in [-0.05, 0) is 67.1 Å². The van der Waals surface area contributed by atoms with Gasteiger partial charge in [-0.3, -0.25) is 4.31 Å². The number of aliphatic hydroxyl groups excluding tert-OH is 1. The molecule has 0 aliphatic rings. The van der Waals surface area contributed by atoms with Crippen LogP contribution in [-0.2, 0) is 10.0 Å². The SMILES string of the molecule is CS(=O)(=O)N(CCCO)c1ccc2c(C(=O)O)c(-c3ccc(Oc4ccc(F)cc4)cc3)oc2c1. The summed E-state index contributed by atoms with van der Waals surface area (Å²) in [7, 11) is -3.63. The summed E-state index contributed by atoms with van der Waals surface area (Å²) in [5.74, 6) is -0.561. The first-order chi connectivity index (χ1) is 16.7. The Labute approximate surface area is 200 Å². The number of aliphatic hydroxyl groups is 1. The number of hydrogen-bond acceptors (Lipinski definition) is 6. The van der Waals surface area contributed by atoms with Gasteiger partial charge in [-0.15, -0.1) is 0 Å². The number of carbonyl (C=O) groups is 1. The molecule has 0 saturated carbocycles. The van der Waals surface area contributed by atoms with E-state index in [9.17, 15) is 22.7 Å². The molecule has 0 atom stereocenters. The molecule has 0 unspecified atom stereocenters. The number of nitrogens with zero attached hydrogens (tertiary/aromatic N) is 1. The van der Waals surface area contributed by atoms with Crippen LogP contribution in [0.4, 0.5) is 10.1 Å². The highest BCUT2D eigenvalue weighted by Gasteiger charge is 2.24. The van der Waals surface area contributed by atoms with Crippen molar-refractivity contribution in [2.75, 3.05) is 23.7 Å². The summed E-state index contributed by atoms with van der Waals surface area (Å²) in [4.78, 5) is 12.1. The Bertz CT molecular complexity index is 1460. The molecule has 4 aromatic rings. The minimum absolute atomic E-state index is 0.0555. The summed E-state index contributed by atoms with van der Waals surface area (Å²) < 4.78 is 50.3. The van der Waals surface area contributed by atoms with E-state index in [0.717, 1.165) is 10.6 Å². The molecule has 1 heterocycles. The molecule has 4 rings (SSSR count). The predicted molar refractivity (Wildman–Crippen MR) is 129 cm³/mol. The van der Waals surface area contributed by atoms with Gasteiger partial charge in [0, 0.05) is 30.2 Å². The van der Waals surface area contributed by atoms with Gasteiger partial charge in [0.2, 0.25) is 10.0 Å². The van der Waals surface area contributed by atoms with Gasteiger partial charge in [0.05, 0.1) is 11.9 Å². The van der Waals surface area contributed by atoms with Crippen LogP contribution in [0.1, 0.15) is 16.8 Å². The Morgan fingerprint density at radius 2 is 1.66 bits per heavy atom. The number of aromatic carboxylic acids is 1. The van der Waals surface area contributed by atoms with Crippen molar-refractivity contribution >= 4 is 32.6 Å². The number of halogens is 1. The maximum Gasteiger partial charge on any atom is 0.340 e. The molecule has 35 heavy (non-hydrogen) atoms. The molecule has 0 saturated heterocycles. The largest absolute Gasteiger partial charge is 0.478 e. The van der Waals surface area contributed by atoms with Gasteiger partial charge in [-0.25, -0.2) is 17.6 Å². The lowest BCUT2D eigenvalue weighted by Crippen LogP contribution is -2.31. The van der Waals surface area contributed by atoms with Gasteiger partial charge < -0.3 is 19.4 Å². The number of sulfonamides is 1. The minimum atomic E-state index is -3.63. The van der Waals surface area contributed by atoms with Crippen LogP contribution in [0.3, 0.4) is 0 Å². The summed E-state index contributed by atoms with van der Waals surface area (Å²) in [6.07, 6.45) is 1.29. The highest BCUT2D eigenvalue weighted by molar-refractivity contribution is 7.92. The Kier molecular flexibility index (Phi) is 6.77. The van der Waals surface area contributed by atoms with Crippen LogP contribution in [0.2, 0.25) is 0 Å². The maximum absolute atomic E-state index is 13.1. The number of ether oxygens (including phenoxy) is 1. The van der Waals surface area contributed by atoms with E-state index in [1.807, 2.05) is 0 Å². The van der Waals surface area contributed by atoms with Gasteiger partial charge in [0.1, 0.15) is 34.2 Å². The fourth-order valence-electron chi connectivity index (χ4n) is 3.67. The molecule has 0 aliphatic carbocycles. The second-order valence-electron chi connectivity index (χ2n) is 7.78. The summed E-state index contributed by atoms with van der Waals surface area (Å²) >= 11 is 0. The average molecular weight is 500 g/mol. The number of anilines is 1. The standard InChI is InChI=1S/C25H22FNO7S/c1-35(31,32)27(13-2-14-28)18-7-12-21-22(15-18)34-24(23(21)25(29)30)16-3-8-19(9-4-16)33-20-10-5-17(26)6-11-20/h3-12,15,28H,2,13-14H2,1H3,(H,29,30). The Morgan fingerprint density at radius 3 is 2.23 bits per heavy atom. The van der Waals surface area contributed by atoms with Crippen LogP contribution in [0.15, 0.2) is 71.1 Å². The topological polar surface area (TPSA) is 117 Å². The van der Waals surface area contributed by atoms with E-state index in [2.05, 4.69) is 0 Å². The molecule has 0 aliphatic heterocycles. The first-order valence-electron chi connectivity index (χ1n) is 10.6. The van der Waals surface area contributed by atoms with E-state index in [-0.39, 0.29) is 42.3 Å². The lowest BCUT2D eigenvalue weighted by Gasteiger charge is -2.21. The number of hydrogen-bond donors (Lipinski definition) is 2. The molecule has 1 aromatic heterocycles. The molecule has 0 bridgehead atoms. The fourth-order valence-corrected chi connectivity index (χ4v) is 4.63. The minimum Gasteiger partial charge on any atom is -0.478 e.